The molecule has 1 amide bonds. The summed E-state index contributed by atoms with van der Waals surface area (Å²) in [6.45, 7) is 1.88. The fourth-order valence-corrected chi connectivity index (χ4v) is 2.41. The second-order valence-corrected chi connectivity index (χ2v) is 5.97. The van der Waals surface area contributed by atoms with E-state index in [2.05, 4.69) is 5.32 Å². The van der Waals surface area contributed by atoms with Gasteiger partial charge in [-0.05, 0) is 73.2 Å². The summed E-state index contributed by atoms with van der Waals surface area (Å²) >= 11 is 0. The Kier molecular flexibility index (Phi) is 5.84. The van der Waals surface area contributed by atoms with Crippen LogP contribution >= 0.6 is 0 Å². The van der Waals surface area contributed by atoms with E-state index in [1.165, 1.54) is 0 Å². The minimum absolute atomic E-state index is 0.123. The minimum Gasteiger partial charge on any atom is -0.484 e. The number of anilines is 1. The van der Waals surface area contributed by atoms with Crippen LogP contribution in [-0.4, -0.2) is 18.8 Å². The predicted molar refractivity (Wildman–Crippen MR) is 104 cm³/mol. The molecule has 136 valence electrons. The maximum absolute atomic E-state index is 12.0. The van der Waals surface area contributed by atoms with Crippen molar-refractivity contribution in [2.24, 2.45) is 0 Å². The fourth-order valence-electron chi connectivity index (χ4n) is 2.41. The molecule has 0 heterocycles. The smallest absolute Gasteiger partial charge is 0.262 e. The van der Waals surface area contributed by atoms with Gasteiger partial charge in [0.15, 0.2) is 6.61 Å². The summed E-state index contributed by atoms with van der Waals surface area (Å²) in [7, 11) is 0. The number of amides is 1. The van der Waals surface area contributed by atoms with Crippen LogP contribution in [0.5, 0.6) is 17.2 Å². The quantitative estimate of drug-likeness (QED) is 0.624. The summed E-state index contributed by atoms with van der Waals surface area (Å²) < 4.78 is 11.2. The summed E-state index contributed by atoms with van der Waals surface area (Å²) in [5, 5.41) is 2.76. The number of hydrogen-bond acceptors (Lipinski definition) is 4. The molecule has 0 fully saturated rings. The van der Waals surface area contributed by atoms with Crippen molar-refractivity contribution in [3.63, 3.8) is 0 Å². The van der Waals surface area contributed by atoms with E-state index in [1.807, 2.05) is 31.2 Å². The standard InChI is InChI=1S/C22H19NO4/c1-16-3-2-4-21(13-16)27-20-11-7-18(8-12-20)23-22(25)15-26-19-9-5-17(14-24)6-10-19/h2-14H,15H2,1H3,(H,23,25). The molecule has 0 aliphatic carbocycles. The van der Waals surface area contributed by atoms with Gasteiger partial charge in [0.25, 0.3) is 5.91 Å². The number of aldehydes is 1. The van der Waals surface area contributed by atoms with Gasteiger partial charge in [-0.1, -0.05) is 12.1 Å². The molecule has 3 aromatic rings. The molecule has 0 unspecified atom stereocenters. The lowest BCUT2D eigenvalue weighted by molar-refractivity contribution is -0.118. The number of hydrogen-bond donors (Lipinski definition) is 1. The normalized spacial score (nSPS) is 10.1. The number of benzene rings is 3. The fraction of sp³-hybridized carbons (Fsp3) is 0.0909. The zero-order valence-electron chi connectivity index (χ0n) is 14.8. The van der Waals surface area contributed by atoms with Crippen LogP contribution in [-0.2, 0) is 4.79 Å². The van der Waals surface area contributed by atoms with Crippen molar-refractivity contribution in [1.29, 1.82) is 0 Å². The van der Waals surface area contributed by atoms with Crippen molar-refractivity contribution >= 4 is 17.9 Å². The number of carbonyl (C=O) groups is 2. The van der Waals surface area contributed by atoms with Crippen LogP contribution in [0.1, 0.15) is 15.9 Å². The largest absolute Gasteiger partial charge is 0.484 e. The molecule has 0 aliphatic heterocycles. The van der Waals surface area contributed by atoms with Gasteiger partial charge in [-0.15, -0.1) is 0 Å². The lowest BCUT2D eigenvalue weighted by Crippen LogP contribution is -2.20. The Morgan fingerprint density at radius 3 is 2.30 bits per heavy atom. The molecule has 3 aromatic carbocycles. The monoisotopic (exact) mass is 361 g/mol. The number of ether oxygens (including phenoxy) is 2. The van der Waals surface area contributed by atoms with Crippen molar-refractivity contribution in [2.45, 2.75) is 6.92 Å². The van der Waals surface area contributed by atoms with E-state index in [9.17, 15) is 9.59 Å². The first kappa shape index (κ1) is 18.2. The zero-order valence-corrected chi connectivity index (χ0v) is 14.8. The molecule has 3 rings (SSSR count). The lowest BCUT2D eigenvalue weighted by atomic mass is 10.2. The molecule has 0 bridgehead atoms. The highest BCUT2D eigenvalue weighted by molar-refractivity contribution is 5.91. The Bertz CT molecular complexity index is 918. The van der Waals surface area contributed by atoms with E-state index < -0.39 is 0 Å². The highest BCUT2D eigenvalue weighted by Crippen LogP contribution is 2.23. The van der Waals surface area contributed by atoms with Gasteiger partial charge in [-0.25, -0.2) is 0 Å². The molecule has 0 radical (unpaired) electrons. The Morgan fingerprint density at radius 1 is 0.926 bits per heavy atom. The van der Waals surface area contributed by atoms with E-state index in [0.717, 1.165) is 17.6 Å². The number of nitrogens with one attached hydrogen (secondary N) is 1. The molecule has 5 nitrogen and oxygen atoms in total. The van der Waals surface area contributed by atoms with Crippen LogP contribution in [0.3, 0.4) is 0 Å². The first-order valence-electron chi connectivity index (χ1n) is 8.45. The summed E-state index contributed by atoms with van der Waals surface area (Å²) in [4.78, 5) is 22.6. The predicted octanol–water partition coefficient (Wildman–Crippen LogP) is 4.62. The second-order valence-electron chi connectivity index (χ2n) is 5.97. The third-order valence-electron chi connectivity index (χ3n) is 3.75. The number of aryl methyl sites for hydroxylation is 1. The van der Waals surface area contributed by atoms with Crippen LogP contribution in [0.25, 0.3) is 0 Å². The second kappa shape index (κ2) is 8.67. The Balaban J connectivity index is 1.51. The molecule has 1 N–H and O–H groups in total. The first-order chi connectivity index (χ1) is 13.1. The van der Waals surface area contributed by atoms with Gasteiger partial charge in [-0.2, -0.15) is 0 Å². The van der Waals surface area contributed by atoms with Crippen molar-refractivity contribution in [3.05, 3.63) is 83.9 Å². The van der Waals surface area contributed by atoms with Gasteiger partial charge in [0, 0.05) is 11.3 Å². The van der Waals surface area contributed by atoms with Crippen molar-refractivity contribution in [1.82, 2.24) is 0 Å². The summed E-state index contributed by atoms with van der Waals surface area (Å²) in [6.07, 6.45) is 0.753. The zero-order chi connectivity index (χ0) is 19.1. The van der Waals surface area contributed by atoms with Crippen molar-refractivity contribution in [3.8, 4) is 17.2 Å². The third kappa shape index (κ3) is 5.44. The van der Waals surface area contributed by atoms with Gasteiger partial charge < -0.3 is 14.8 Å². The molecule has 0 spiro atoms. The molecule has 0 aliphatic rings. The van der Waals surface area contributed by atoms with Crippen molar-refractivity contribution < 1.29 is 19.1 Å². The van der Waals surface area contributed by atoms with Gasteiger partial charge in [0.05, 0.1) is 0 Å². The van der Waals surface area contributed by atoms with Crippen molar-refractivity contribution in [2.75, 3.05) is 11.9 Å². The summed E-state index contributed by atoms with van der Waals surface area (Å²) in [6, 6.07) is 21.5. The molecule has 0 atom stereocenters. The third-order valence-corrected chi connectivity index (χ3v) is 3.75. The Labute approximate surface area is 157 Å². The SMILES string of the molecule is Cc1cccc(Oc2ccc(NC(=O)COc3ccc(C=O)cc3)cc2)c1. The van der Waals surface area contributed by atoms with Gasteiger partial charge >= 0.3 is 0 Å². The maximum atomic E-state index is 12.0. The average molecular weight is 361 g/mol. The number of rotatable bonds is 7. The molecule has 0 saturated carbocycles. The van der Waals surface area contributed by atoms with Gasteiger partial charge in [0.1, 0.15) is 23.5 Å². The van der Waals surface area contributed by atoms with Crippen LogP contribution < -0.4 is 14.8 Å². The first-order valence-corrected chi connectivity index (χ1v) is 8.45. The van der Waals surface area contributed by atoms with Crippen LogP contribution in [0.2, 0.25) is 0 Å². The van der Waals surface area contributed by atoms with E-state index in [4.69, 9.17) is 9.47 Å². The number of carbonyl (C=O) groups excluding carboxylic acids is 2. The lowest BCUT2D eigenvalue weighted by Gasteiger charge is -2.09. The maximum Gasteiger partial charge on any atom is 0.262 e. The molecule has 5 heteroatoms. The summed E-state index contributed by atoms with van der Waals surface area (Å²) in [5.74, 6) is 1.70. The van der Waals surface area contributed by atoms with E-state index in [0.29, 0.717) is 22.7 Å². The molecule has 0 saturated heterocycles. The molecular formula is C22H19NO4. The average Bonchev–Trinajstić information content (AvgIpc) is 2.68. The van der Waals surface area contributed by atoms with Crippen LogP contribution in [0.4, 0.5) is 5.69 Å². The topological polar surface area (TPSA) is 64.6 Å². The van der Waals surface area contributed by atoms with Gasteiger partial charge in [0.2, 0.25) is 0 Å². The minimum atomic E-state index is -0.276. The highest BCUT2D eigenvalue weighted by Gasteiger charge is 2.05. The van der Waals surface area contributed by atoms with E-state index in [1.54, 1.807) is 48.5 Å². The highest BCUT2D eigenvalue weighted by atomic mass is 16.5. The van der Waals surface area contributed by atoms with E-state index >= 15 is 0 Å². The van der Waals surface area contributed by atoms with Gasteiger partial charge in [-0.3, -0.25) is 9.59 Å². The van der Waals surface area contributed by atoms with E-state index in [-0.39, 0.29) is 12.5 Å². The summed E-state index contributed by atoms with van der Waals surface area (Å²) in [5.41, 5.74) is 2.33. The Morgan fingerprint density at radius 2 is 1.63 bits per heavy atom. The molecule has 0 aromatic heterocycles. The molecule has 27 heavy (non-hydrogen) atoms. The Hall–Kier alpha value is -3.60. The molecular weight excluding hydrogens is 342 g/mol. The van der Waals surface area contributed by atoms with Crippen LogP contribution in [0.15, 0.2) is 72.8 Å². The van der Waals surface area contributed by atoms with Crippen LogP contribution in [0, 0.1) is 6.92 Å².